The summed E-state index contributed by atoms with van der Waals surface area (Å²) in [6.45, 7) is 7.54. The van der Waals surface area contributed by atoms with Gasteiger partial charge < -0.3 is 0 Å². The van der Waals surface area contributed by atoms with Gasteiger partial charge in [-0.3, -0.25) is 14.2 Å². The lowest BCUT2D eigenvalue weighted by atomic mass is 9.94. The number of carbonyl (C=O) groups is 1. The van der Waals surface area contributed by atoms with Crippen LogP contribution in [-0.2, 0) is 0 Å². The first-order valence-corrected chi connectivity index (χ1v) is 8.27. The average Bonchev–Trinajstić information content (AvgIpc) is 2.62. The van der Waals surface area contributed by atoms with Gasteiger partial charge in [0.1, 0.15) is 5.82 Å². The Morgan fingerprint density at radius 1 is 1.32 bits per heavy atom. The summed E-state index contributed by atoms with van der Waals surface area (Å²) in [4.78, 5) is 29.6. The molecule has 0 fully saturated rings. The van der Waals surface area contributed by atoms with E-state index < -0.39 is 0 Å². The first-order chi connectivity index (χ1) is 12.1. The third-order valence-electron chi connectivity index (χ3n) is 4.40. The molecule has 1 aromatic heterocycles. The first kappa shape index (κ1) is 16.8. The van der Waals surface area contributed by atoms with Crippen molar-refractivity contribution in [2.45, 2.75) is 26.7 Å². The zero-order valence-corrected chi connectivity index (χ0v) is 14.5. The van der Waals surface area contributed by atoms with Crippen molar-refractivity contribution in [3.05, 3.63) is 82.5 Å². The largest absolute Gasteiger partial charge is 0.281 e. The van der Waals surface area contributed by atoms with E-state index in [9.17, 15) is 9.59 Å². The molecule has 25 heavy (non-hydrogen) atoms. The number of hydrogen-bond donors (Lipinski definition) is 0. The predicted molar refractivity (Wildman–Crippen MR) is 102 cm³/mol. The molecule has 4 heteroatoms. The van der Waals surface area contributed by atoms with Crippen LogP contribution in [0.4, 0.5) is 0 Å². The van der Waals surface area contributed by atoms with Crippen LogP contribution in [-0.4, -0.2) is 15.5 Å². The van der Waals surface area contributed by atoms with Crippen molar-refractivity contribution >= 4 is 22.4 Å². The van der Waals surface area contributed by atoms with E-state index in [1.54, 1.807) is 22.8 Å². The van der Waals surface area contributed by atoms with E-state index in [2.05, 4.69) is 11.6 Å². The standard InChI is InChI=1S/C21H20N2O2/c1-4-6-7-10-14(3)17-13-15(5-2)21(25)23-18-12-9-8-11-16(18)20(24)22-19(17)23/h4-5,7-12H,1,6,13H2,2-3H3/b10-7-,15-5+,17-14+. The van der Waals surface area contributed by atoms with Gasteiger partial charge in [-0.2, -0.15) is 4.98 Å². The Morgan fingerprint density at radius 2 is 2.08 bits per heavy atom. The van der Waals surface area contributed by atoms with Gasteiger partial charge in [0.05, 0.1) is 10.9 Å². The molecule has 1 aliphatic heterocycles. The molecule has 126 valence electrons. The van der Waals surface area contributed by atoms with Crippen LogP contribution in [0, 0.1) is 0 Å². The smallest absolute Gasteiger partial charge is 0.269 e. The number of para-hydroxylation sites is 1. The molecule has 1 aromatic carbocycles. The van der Waals surface area contributed by atoms with Gasteiger partial charge >= 0.3 is 0 Å². The van der Waals surface area contributed by atoms with Gasteiger partial charge in [-0.15, -0.1) is 6.58 Å². The molecule has 0 unspecified atom stereocenters. The van der Waals surface area contributed by atoms with Crippen LogP contribution >= 0.6 is 0 Å². The predicted octanol–water partition coefficient (Wildman–Crippen LogP) is 4.29. The van der Waals surface area contributed by atoms with E-state index in [0.29, 0.717) is 28.7 Å². The topological polar surface area (TPSA) is 52.0 Å². The fourth-order valence-electron chi connectivity index (χ4n) is 3.05. The molecule has 2 heterocycles. The highest BCUT2D eigenvalue weighted by Crippen LogP contribution is 2.32. The van der Waals surface area contributed by atoms with E-state index in [-0.39, 0.29) is 11.5 Å². The molecule has 3 rings (SSSR count). The van der Waals surface area contributed by atoms with E-state index >= 15 is 0 Å². The number of carbonyl (C=O) groups excluding carboxylic acids is 1. The molecular weight excluding hydrogens is 312 g/mol. The van der Waals surface area contributed by atoms with Crippen LogP contribution in [0.1, 0.15) is 37.3 Å². The summed E-state index contributed by atoms with van der Waals surface area (Å²) in [6, 6.07) is 7.10. The number of benzene rings is 1. The number of rotatable bonds is 3. The Morgan fingerprint density at radius 3 is 2.80 bits per heavy atom. The zero-order valence-electron chi connectivity index (χ0n) is 14.5. The SMILES string of the molecule is C=CC/C=C\C(C)=C1/C/C(=C\C)C(=O)n2c1nc(=O)c1ccccc12. The summed E-state index contributed by atoms with van der Waals surface area (Å²) in [5.41, 5.74) is 2.89. The van der Waals surface area contributed by atoms with Crippen LogP contribution < -0.4 is 5.56 Å². The molecule has 0 atom stereocenters. The van der Waals surface area contributed by atoms with Crippen molar-refractivity contribution in [3.63, 3.8) is 0 Å². The molecule has 4 nitrogen and oxygen atoms in total. The molecule has 1 aliphatic rings. The summed E-state index contributed by atoms with van der Waals surface area (Å²) in [5.74, 6) is 0.327. The Labute approximate surface area is 146 Å². The van der Waals surface area contributed by atoms with Gasteiger partial charge in [0, 0.05) is 17.6 Å². The number of nitrogens with zero attached hydrogens (tertiary/aromatic N) is 2. The van der Waals surface area contributed by atoms with Crippen molar-refractivity contribution < 1.29 is 4.79 Å². The van der Waals surface area contributed by atoms with E-state index in [1.807, 2.05) is 44.2 Å². The second kappa shape index (κ2) is 6.85. The minimum atomic E-state index is -0.307. The van der Waals surface area contributed by atoms with Crippen molar-refractivity contribution in [3.8, 4) is 0 Å². The minimum Gasteiger partial charge on any atom is -0.269 e. The molecule has 0 saturated carbocycles. The minimum absolute atomic E-state index is 0.118. The van der Waals surface area contributed by atoms with Crippen LogP contribution in [0.25, 0.3) is 16.5 Å². The van der Waals surface area contributed by atoms with Crippen LogP contribution in [0.5, 0.6) is 0 Å². The van der Waals surface area contributed by atoms with Crippen LogP contribution in [0.2, 0.25) is 0 Å². The van der Waals surface area contributed by atoms with Gasteiger partial charge in [0.15, 0.2) is 0 Å². The average molecular weight is 332 g/mol. The zero-order chi connectivity index (χ0) is 18.0. The molecule has 2 aromatic rings. The lowest BCUT2D eigenvalue weighted by Gasteiger charge is -2.24. The lowest BCUT2D eigenvalue weighted by Crippen LogP contribution is -2.29. The van der Waals surface area contributed by atoms with Crippen molar-refractivity contribution in [2.24, 2.45) is 0 Å². The van der Waals surface area contributed by atoms with E-state index in [4.69, 9.17) is 0 Å². The molecule has 0 N–H and O–H groups in total. The molecule has 0 bridgehead atoms. The Balaban J connectivity index is 2.36. The fraction of sp³-hybridized carbons (Fsp3) is 0.190. The monoisotopic (exact) mass is 332 g/mol. The van der Waals surface area contributed by atoms with Crippen molar-refractivity contribution in [2.75, 3.05) is 0 Å². The van der Waals surface area contributed by atoms with E-state index in [0.717, 1.165) is 17.6 Å². The molecule has 0 aliphatic carbocycles. The molecular formula is C21H20N2O2. The third-order valence-corrected chi connectivity index (χ3v) is 4.40. The van der Waals surface area contributed by atoms with Gasteiger partial charge in [0.25, 0.3) is 11.5 Å². The fourth-order valence-corrected chi connectivity index (χ4v) is 3.05. The Hall–Kier alpha value is -3.01. The summed E-state index contributed by atoms with van der Waals surface area (Å²) in [7, 11) is 0. The highest BCUT2D eigenvalue weighted by molar-refractivity contribution is 6.06. The maximum absolute atomic E-state index is 12.9. The van der Waals surface area contributed by atoms with Gasteiger partial charge in [-0.1, -0.05) is 36.4 Å². The number of allylic oxidation sites excluding steroid dienone is 7. The van der Waals surface area contributed by atoms with Crippen LogP contribution in [0.15, 0.2) is 71.1 Å². The quantitative estimate of drug-likeness (QED) is 0.622. The van der Waals surface area contributed by atoms with Crippen molar-refractivity contribution in [1.82, 2.24) is 9.55 Å². The third kappa shape index (κ3) is 2.91. The van der Waals surface area contributed by atoms with Crippen LogP contribution in [0.3, 0.4) is 0 Å². The number of fused-ring (bicyclic) bond motifs is 3. The Kier molecular flexibility index (Phi) is 4.61. The summed E-state index contributed by atoms with van der Waals surface area (Å²) >= 11 is 0. The van der Waals surface area contributed by atoms with Crippen molar-refractivity contribution in [1.29, 1.82) is 0 Å². The number of aromatic nitrogens is 2. The number of hydrogen-bond acceptors (Lipinski definition) is 3. The lowest BCUT2D eigenvalue weighted by molar-refractivity contribution is 0.0951. The second-order valence-electron chi connectivity index (χ2n) is 5.98. The highest BCUT2D eigenvalue weighted by atomic mass is 16.2. The van der Waals surface area contributed by atoms with Gasteiger partial charge in [-0.05, 0) is 38.0 Å². The maximum Gasteiger partial charge on any atom is 0.281 e. The van der Waals surface area contributed by atoms with Gasteiger partial charge in [-0.25, -0.2) is 0 Å². The molecule has 0 spiro atoms. The maximum atomic E-state index is 12.9. The summed E-state index contributed by atoms with van der Waals surface area (Å²) in [5, 5.41) is 0.455. The Bertz CT molecular complexity index is 1020. The molecule has 0 radical (unpaired) electrons. The molecule has 0 saturated heterocycles. The second-order valence-corrected chi connectivity index (χ2v) is 5.98. The first-order valence-electron chi connectivity index (χ1n) is 8.27. The molecule has 0 amide bonds. The van der Waals surface area contributed by atoms with Gasteiger partial charge in [0.2, 0.25) is 0 Å². The normalized spacial score (nSPS) is 18.0. The summed E-state index contributed by atoms with van der Waals surface area (Å²) < 4.78 is 1.57. The summed E-state index contributed by atoms with van der Waals surface area (Å²) in [6.07, 6.45) is 8.89. The highest BCUT2D eigenvalue weighted by Gasteiger charge is 2.28. The van der Waals surface area contributed by atoms with E-state index in [1.165, 1.54) is 0 Å².